The van der Waals surface area contributed by atoms with Crippen LogP contribution < -0.4 is 0 Å². The number of nitrogens with zero attached hydrogens (tertiary/aromatic N) is 4. The number of fused-ring (bicyclic) bond motifs is 2. The average Bonchev–Trinajstić information content (AvgIpc) is 3.08. The van der Waals surface area contributed by atoms with Gasteiger partial charge in [0.25, 0.3) is 0 Å². The minimum Gasteiger partial charge on any atom is -0.478 e. The molecule has 0 atom stereocenters. The summed E-state index contributed by atoms with van der Waals surface area (Å²) >= 11 is 6.36. The number of benzene rings is 2. The lowest BCUT2D eigenvalue weighted by molar-refractivity contribution is 0.0699. The van der Waals surface area contributed by atoms with E-state index in [1.165, 1.54) is 0 Å². The van der Waals surface area contributed by atoms with Crippen LogP contribution in [0.1, 0.15) is 21.9 Å². The Morgan fingerprint density at radius 1 is 0.968 bits per heavy atom. The number of para-hydroxylation sites is 1. The van der Waals surface area contributed by atoms with Crippen molar-refractivity contribution in [3.63, 3.8) is 0 Å². The van der Waals surface area contributed by atoms with Crippen LogP contribution in [-0.4, -0.2) is 30.6 Å². The minimum atomic E-state index is -1.02. The van der Waals surface area contributed by atoms with Crippen LogP contribution in [0.2, 0.25) is 5.02 Å². The summed E-state index contributed by atoms with van der Waals surface area (Å²) < 4.78 is 1.96. The van der Waals surface area contributed by atoms with Crippen LogP contribution in [0, 0.1) is 13.8 Å². The molecule has 31 heavy (non-hydrogen) atoms. The summed E-state index contributed by atoms with van der Waals surface area (Å²) in [5.41, 5.74) is 5.35. The molecule has 0 unspecified atom stereocenters. The Bertz CT molecular complexity index is 1510. The summed E-state index contributed by atoms with van der Waals surface area (Å²) in [7, 11) is 0. The summed E-state index contributed by atoms with van der Waals surface area (Å²) in [6.07, 6.45) is 3.42. The lowest BCUT2D eigenvalue weighted by Crippen LogP contribution is -2.01. The molecule has 0 radical (unpaired) electrons. The van der Waals surface area contributed by atoms with Crippen LogP contribution in [0.5, 0.6) is 0 Å². The van der Waals surface area contributed by atoms with Crippen LogP contribution in [0.25, 0.3) is 38.8 Å². The van der Waals surface area contributed by atoms with Crippen molar-refractivity contribution in [2.75, 3.05) is 0 Å². The van der Waals surface area contributed by atoms with Gasteiger partial charge in [0.05, 0.1) is 27.3 Å². The molecular weight excluding hydrogens is 412 g/mol. The van der Waals surface area contributed by atoms with Crippen LogP contribution in [0.15, 0.2) is 60.9 Å². The van der Waals surface area contributed by atoms with E-state index in [0.29, 0.717) is 27.4 Å². The number of imidazole rings is 1. The summed E-state index contributed by atoms with van der Waals surface area (Å²) in [6, 6.07) is 14.9. The molecule has 152 valence electrons. The standard InChI is InChI=1S/C24H17ClN4O2/c1-13-10-15(6-8-26-13)16-11-18(24(30)31)23-21(12-16)29(14(2)28-23)20-7-9-27-22-17(20)4-3-5-19(22)25/h3-12H,1-2H3,(H,30,31). The zero-order valence-corrected chi connectivity index (χ0v) is 17.6. The van der Waals surface area contributed by atoms with Crippen LogP contribution in [0.3, 0.4) is 0 Å². The van der Waals surface area contributed by atoms with Crippen molar-refractivity contribution in [3.8, 4) is 16.8 Å². The van der Waals surface area contributed by atoms with Crippen molar-refractivity contribution in [2.24, 2.45) is 0 Å². The van der Waals surface area contributed by atoms with Gasteiger partial charge in [-0.2, -0.15) is 0 Å². The van der Waals surface area contributed by atoms with Crippen LogP contribution in [-0.2, 0) is 0 Å². The molecule has 0 spiro atoms. The minimum absolute atomic E-state index is 0.153. The van der Waals surface area contributed by atoms with Crippen LogP contribution in [0.4, 0.5) is 0 Å². The second kappa shape index (κ2) is 7.18. The number of pyridine rings is 2. The molecule has 2 aromatic carbocycles. The summed E-state index contributed by atoms with van der Waals surface area (Å²) in [6.45, 7) is 3.76. The fourth-order valence-electron chi connectivity index (χ4n) is 3.97. The highest BCUT2D eigenvalue weighted by Gasteiger charge is 2.20. The fraction of sp³-hybridized carbons (Fsp3) is 0.0833. The van der Waals surface area contributed by atoms with Gasteiger partial charge in [-0.1, -0.05) is 23.7 Å². The molecule has 3 aromatic heterocycles. The Morgan fingerprint density at radius 2 is 1.77 bits per heavy atom. The van der Waals surface area contributed by atoms with Gasteiger partial charge in [-0.05, 0) is 61.4 Å². The molecular formula is C24H17ClN4O2. The maximum atomic E-state index is 12.1. The van der Waals surface area contributed by atoms with Gasteiger partial charge >= 0.3 is 5.97 Å². The lowest BCUT2D eigenvalue weighted by Gasteiger charge is -2.12. The van der Waals surface area contributed by atoms with E-state index in [1.807, 2.05) is 54.8 Å². The Balaban J connectivity index is 1.88. The molecule has 0 aliphatic heterocycles. The van der Waals surface area contributed by atoms with E-state index in [-0.39, 0.29) is 5.56 Å². The quantitative estimate of drug-likeness (QED) is 0.404. The highest BCUT2D eigenvalue weighted by atomic mass is 35.5. The molecule has 6 nitrogen and oxygen atoms in total. The van der Waals surface area contributed by atoms with Gasteiger partial charge < -0.3 is 5.11 Å². The van der Waals surface area contributed by atoms with E-state index < -0.39 is 5.97 Å². The Kier molecular flexibility index (Phi) is 4.45. The Labute approximate surface area is 182 Å². The van der Waals surface area contributed by atoms with Crippen LogP contribution >= 0.6 is 11.6 Å². The second-order valence-electron chi connectivity index (χ2n) is 7.34. The van der Waals surface area contributed by atoms with Crippen molar-refractivity contribution in [2.45, 2.75) is 13.8 Å². The summed E-state index contributed by atoms with van der Waals surface area (Å²) in [5, 5.41) is 11.3. The smallest absolute Gasteiger partial charge is 0.337 e. The molecule has 5 rings (SSSR count). The van der Waals surface area contributed by atoms with E-state index in [4.69, 9.17) is 11.6 Å². The lowest BCUT2D eigenvalue weighted by atomic mass is 10.0. The molecule has 0 bridgehead atoms. The number of aromatic nitrogens is 4. The van der Waals surface area contributed by atoms with Crippen molar-refractivity contribution < 1.29 is 9.90 Å². The van der Waals surface area contributed by atoms with Gasteiger partial charge in [0.1, 0.15) is 11.3 Å². The maximum Gasteiger partial charge on any atom is 0.337 e. The predicted molar refractivity (Wildman–Crippen MR) is 121 cm³/mol. The number of halogens is 1. The number of hydrogen-bond acceptors (Lipinski definition) is 4. The first-order chi connectivity index (χ1) is 14.9. The SMILES string of the molecule is Cc1cc(-c2cc(C(=O)O)c3nc(C)n(-c4ccnc5c(Cl)cccc45)c3c2)ccn1. The predicted octanol–water partition coefficient (Wildman–Crippen LogP) is 5.60. The van der Waals surface area contributed by atoms with E-state index >= 15 is 0 Å². The van der Waals surface area contributed by atoms with Crippen molar-refractivity contribution in [1.82, 2.24) is 19.5 Å². The largest absolute Gasteiger partial charge is 0.478 e. The highest BCUT2D eigenvalue weighted by Crippen LogP contribution is 2.33. The molecule has 0 saturated carbocycles. The highest BCUT2D eigenvalue weighted by molar-refractivity contribution is 6.35. The number of aryl methyl sites for hydroxylation is 2. The zero-order valence-electron chi connectivity index (χ0n) is 16.8. The summed E-state index contributed by atoms with van der Waals surface area (Å²) in [4.78, 5) is 25.4. The Morgan fingerprint density at radius 3 is 2.55 bits per heavy atom. The normalized spacial score (nSPS) is 11.3. The third-order valence-electron chi connectivity index (χ3n) is 5.33. The first-order valence-corrected chi connectivity index (χ1v) is 10.0. The molecule has 0 fully saturated rings. The third kappa shape index (κ3) is 3.12. The van der Waals surface area contributed by atoms with Gasteiger partial charge in [-0.15, -0.1) is 0 Å². The molecule has 0 aliphatic carbocycles. The molecule has 5 aromatic rings. The Hall–Kier alpha value is -3.77. The third-order valence-corrected chi connectivity index (χ3v) is 5.63. The van der Waals surface area contributed by atoms with Gasteiger partial charge in [-0.25, -0.2) is 9.78 Å². The van der Waals surface area contributed by atoms with Crippen molar-refractivity contribution in [1.29, 1.82) is 0 Å². The maximum absolute atomic E-state index is 12.1. The van der Waals surface area contributed by atoms with Crippen molar-refractivity contribution in [3.05, 3.63) is 83.0 Å². The number of carboxylic acid groups (broad SMARTS) is 1. The summed E-state index contributed by atoms with van der Waals surface area (Å²) in [5.74, 6) is -0.349. The molecule has 0 aliphatic rings. The molecule has 0 saturated heterocycles. The van der Waals surface area contributed by atoms with E-state index in [0.717, 1.165) is 27.9 Å². The van der Waals surface area contributed by atoms with E-state index in [2.05, 4.69) is 15.0 Å². The topological polar surface area (TPSA) is 80.9 Å². The first-order valence-electron chi connectivity index (χ1n) is 9.67. The van der Waals surface area contributed by atoms with Gasteiger partial charge in [0, 0.05) is 23.5 Å². The molecule has 3 heterocycles. The number of rotatable bonds is 3. The monoisotopic (exact) mass is 428 g/mol. The van der Waals surface area contributed by atoms with Gasteiger partial charge in [0.15, 0.2) is 0 Å². The molecule has 0 amide bonds. The molecule has 1 N–H and O–H groups in total. The van der Waals surface area contributed by atoms with E-state index in [1.54, 1.807) is 24.5 Å². The number of carbonyl (C=O) groups is 1. The van der Waals surface area contributed by atoms with Gasteiger partial charge in [0.2, 0.25) is 0 Å². The number of carboxylic acids is 1. The van der Waals surface area contributed by atoms with Gasteiger partial charge in [-0.3, -0.25) is 14.5 Å². The fourth-order valence-corrected chi connectivity index (χ4v) is 4.20. The van der Waals surface area contributed by atoms with Crippen molar-refractivity contribution >= 4 is 39.5 Å². The second-order valence-corrected chi connectivity index (χ2v) is 7.75. The number of aromatic carboxylic acids is 1. The average molecular weight is 429 g/mol. The number of hydrogen-bond donors (Lipinski definition) is 1. The molecule has 7 heteroatoms. The van der Waals surface area contributed by atoms with E-state index in [9.17, 15) is 9.90 Å². The zero-order chi connectivity index (χ0) is 21.7. The first kappa shape index (κ1) is 19.2.